The molecule has 1 atom stereocenters. The van der Waals surface area contributed by atoms with E-state index in [2.05, 4.69) is 10.3 Å². The Morgan fingerprint density at radius 2 is 2.07 bits per heavy atom. The highest BCUT2D eigenvalue weighted by Gasteiger charge is 2.32. The van der Waals surface area contributed by atoms with E-state index in [0.29, 0.717) is 32.0 Å². The highest BCUT2D eigenvalue weighted by Crippen LogP contribution is 2.33. The molecule has 0 aromatic carbocycles. The second-order valence-corrected chi connectivity index (χ2v) is 7.98. The van der Waals surface area contributed by atoms with Crippen LogP contribution in [0.25, 0.3) is 0 Å². The van der Waals surface area contributed by atoms with Gasteiger partial charge in [0.1, 0.15) is 5.82 Å². The van der Waals surface area contributed by atoms with E-state index in [9.17, 15) is 18.0 Å². The Hall–Kier alpha value is -1.84. The topological polar surface area (TPSA) is 48.5 Å². The summed E-state index contributed by atoms with van der Waals surface area (Å²) in [5.74, 6) is 0.283. The van der Waals surface area contributed by atoms with Gasteiger partial charge in [-0.15, -0.1) is 11.3 Å². The van der Waals surface area contributed by atoms with Crippen LogP contribution in [0.5, 0.6) is 0 Å². The van der Waals surface area contributed by atoms with Gasteiger partial charge in [-0.1, -0.05) is 17.7 Å². The zero-order chi connectivity index (χ0) is 20.3. The number of amides is 1. The molecule has 0 unspecified atom stereocenters. The molecular formula is C18H20ClF3N4OS. The van der Waals surface area contributed by atoms with Crippen LogP contribution in [0.15, 0.2) is 29.8 Å². The number of thiophene rings is 1. The van der Waals surface area contributed by atoms with Gasteiger partial charge < -0.3 is 10.2 Å². The molecule has 2 aromatic rings. The summed E-state index contributed by atoms with van der Waals surface area (Å²) >= 11 is 7.61. The number of aromatic nitrogens is 1. The second-order valence-electron chi connectivity index (χ2n) is 6.59. The van der Waals surface area contributed by atoms with Crippen molar-refractivity contribution in [2.24, 2.45) is 0 Å². The molecule has 0 spiro atoms. The number of hydrogen-bond donors (Lipinski definition) is 1. The lowest BCUT2D eigenvalue weighted by atomic mass is 10.2. The molecule has 28 heavy (non-hydrogen) atoms. The summed E-state index contributed by atoms with van der Waals surface area (Å²) in [6.45, 7) is 4.48. The summed E-state index contributed by atoms with van der Waals surface area (Å²) in [4.78, 5) is 21.1. The average Bonchev–Trinajstić information content (AvgIpc) is 3.16. The first-order chi connectivity index (χ1) is 13.2. The SMILES string of the molecule is C[C@H](NC(=O)CN1CCN(c2ncc(C(F)(F)F)cc2Cl)CC1)c1cccs1. The van der Waals surface area contributed by atoms with Gasteiger partial charge in [0.15, 0.2) is 0 Å². The third kappa shape index (κ3) is 5.15. The lowest BCUT2D eigenvalue weighted by Crippen LogP contribution is -2.50. The van der Waals surface area contributed by atoms with Gasteiger partial charge in [0, 0.05) is 37.3 Å². The first kappa shape index (κ1) is 20.9. The number of pyridine rings is 1. The molecule has 152 valence electrons. The Balaban J connectivity index is 1.51. The monoisotopic (exact) mass is 432 g/mol. The normalized spacial score (nSPS) is 16.8. The third-order valence-electron chi connectivity index (χ3n) is 4.54. The Labute approximate surface area is 170 Å². The van der Waals surface area contributed by atoms with Crippen LogP contribution in [-0.4, -0.2) is 48.5 Å². The minimum absolute atomic E-state index is 0.0224. The summed E-state index contributed by atoms with van der Waals surface area (Å²) in [5, 5.41) is 4.93. The van der Waals surface area contributed by atoms with Gasteiger partial charge >= 0.3 is 6.18 Å². The van der Waals surface area contributed by atoms with Crippen molar-refractivity contribution < 1.29 is 18.0 Å². The van der Waals surface area contributed by atoms with Crippen LogP contribution in [0.3, 0.4) is 0 Å². The number of hydrogen-bond acceptors (Lipinski definition) is 5. The molecule has 1 saturated heterocycles. The van der Waals surface area contributed by atoms with Crippen LogP contribution < -0.4 is 10.2 Å². The molecule has 1 amide bonds. The maximum Gasteiger partial charge on any atom is 0.417 e. The molecule has 1 N–H and O–H groups in total. The molecule has 2 aromatic heterocycles. The number of carbonyl (C=O) groups excluding carboxylic acids is 1. The molecule has 10 heteroatoms. The Morgan fingerprint density at radius 3 is 2.64 bits per heavy atom. The van der Waals surface area contributed by atoms with Crippen molar-refractivity contribution in [2.75, 3.05) is 37.6 Å². The van der Waals surface area contributed by atoms with Gasteiger partial charge in [-0.3, -0.25) is 9.69 Å². The molecule has 1 aliphatic rings. The Bertz CT molecular complexity index is 808. The minimum atomic E-state index is -4.47. The summed E-state index contributed by atoms with van der Waals surface area (Å²) in [5.41, 5.74) is -0.864. The van der Waals surface area contributed by atoms with Crippen molar-refractivity contribution in [3.8, 4) is 0 Å². The number of halogens is 4. The number of carbonyl (C=O) groups is 1. The molecule has 5 nitrogen and oxygen atoms in total. The van der Waals surface area contributed by atoms with Crippen molar-refractivity contribution in [1.82, 2.24) is 15.2 Å². The number of anilines is 1. The van der Waals surface area contributed by atoms with E-state index >= 15 is 0 Å². The third-order valence-corrected chi connectivity index (χ3v) is 5.87. The first-order valence-electron chi connectivity index (χ1n) is 8.77. The van der Waals surface area contributed by atoms with Crippen molar-refractivity contribution in [3.05, 3.63) is 45.2 Å². The van der Waals surface area contributed by atoms with Crippen LogP contribution in [0.2, 0.25) is 5.02 Å². The molecule has 0 radical (unpaired) electrons. The highest BCUT2D eigenvalue weighted by atomic mass is 35.5. The molecule has 1 fully saturated rings. The fraction of sp³-hybridized carbons (Fsp3) is 0.444. The molecule has 0 saturated carbocycles. The van der Waals surface area contributed by atoms with Crippen LogP contribution in [0.4, 0.5) is 19.0 Å². The fourth-order valence-electron chi connectivity index (χ4n) is 3.04. The average molecular weight is 433 g/mol. The number of piperazine rings is 1. The summed E-state index contributed by atoms with van der Waals surface area (Å²) in [6, 6.07) is 4.79. The maximum absolute atomic E-state index is 12.7. The van der Waals surface area contributed by atoms with E-state index in [1.807, 2.05) is 34.2 Å². The number of nitrogens with zero attached hydrogens (tertiary/aromatic N) is 3. The van der Waals surface area contributed by atoms with Gasteiger partial charge in [-0.05, 0) is 24.4 Å². The Morgan fingerprint density at radius 1 is 1.36 bits per heavy atom. The zero-order valence-corrected chi connectivity index (χ0v) is 16.7. The number of rotatable bonds is 5. The molecular weight excluding hydrogens is 413 g/mol. The van der Waals surface area contributed by atoms with Crippen molar-refractivity contribution in [1.29, 1.82) is 0 Å². The largest absolute Gasteiger partial charge is 0.417 e. The number of nitrogens with one attached hydrogen (secondary N) is 1. The van der Waals surface area contributed by atoms with Gasteiger partial charge in [0.05, 0.1) is 23.2 Å². The predicted molar refractivity (Wildman–Crippen MR) is 104 cm³/mol. The summed E-state index contributed by atoms with van der Waals surface area (Å²) < 4.78 is 38.2. The fourth-order valence-corrected chi connectivity index (χ4v) is 4.06. The van der Waals surface area contributed by atoms with Gasteiger partial charge in [-0.25, -0.2) is 4.98 Å². The van der Waals surface area contributed by atoms with Gasteiger partial charge in [-0.2, -0.15) is 13.2 Å². The van der Waals surface area contributed by atoms with E-state index in [1.165, 1.54) is 0 Å². The lowest BCUT2D eigenvalue weighted by Gasteiger charge is -2.35. The molecule has 3 rings (SSSR count). The molecule has 1 aliphatic heterocycles. The van der Waals surface area contributed by atoms with Crippen molar-refractivity contribution in [2.45, 2.75) is 19.1 Å². The molecule has 0 aliphatic carbocycles. The van der Waals surface area contributed by atoms with Crippen molar-refractivity contribution >= 4 is 34.7 Å². The minimum Gasteiger partial charge on any atom is -0.353 e. The molecule has 3 heterocycles. The number of alkyl halides is 3. The Kier molecular flexibility index (Phi) is 6.47. The van der Waals surface area contributed by atoms with E-state index in [0.717, 1.165) is 17.1 Å². The van der Waals surface area contributed by atoms with E-state index in [1.54, 1.807) is 11.3 Å². The maximum atomic E-state index is 12.7. The van der Waals surface area contributed by atoms with Gasteiger partial charge in [0.2, 0.25) is 5.91 Å². The van der Waals surface area contributed by atoms with E-state index in [-0.39, 0.29) is 23.5 Å². The summed E-state index contributed by atoms with van der Waals surface area (Å²) in [7, 11) is 0. The summed E-state index contributed by atoms with van der Waals surface area (Å²) in [6.07, 6.45) is -3.67. The zero-order valence-electron chi connectivity index (χ0n) is 15.2. The predicted octanol–water partition coefficient (Wildman–Crippen LogP) is 3.81. The van der Waals surface area contributed by atoms with Crippen LogP contribution in [0.1, 0.15) is 23.4 Å². The van der Waals surface area contributed by atoms with E-state index < -0.39 is 11.7 Å². The standard InChI is InChI=1S/C18H20ClF3N4OS/c1-12(15-3-2-8-28-15)24-16(27)11-25-4-6-26(7-5-25)17-14(19)9-13(10-23-17)18(20,21)22/h2-3,8-10,12H,4-7,11H2,1H3,(H,24,27)/t12-/m0/s1. The van der Waals surface area contributed by atoms with Crippen LogP contribution in [0, 0.1) is 0 Å². The van der Waals surface area contributed by atoms with Crippen molar-refractivity contribution in [3.63, 3.8) is 0 Å². The van der Waals surface area contributed by atoms with Gasteiger partial charge in [0.25, 0.3) is 0 Å². The highest BCUT2D eigenvalue weighted by molar-refractivity contribution is 7.10. The molecule has 0 bridgehead atoms. The quantitative estimate of drug-likeness (QED) is 0.780. The van der Waals surface area contributed by atoms with Crippen LogP contribution >= 0.6 is 22.9 Å². The second kappa shape index (κ2) is 8.67. The van der Waals surface area contributed by atoms with Crippen LogP contribution in [-0.2, 0) is 11.0 Å². The first-order valence-corrected chi connectivity index (χ1v) is 10.0. The smallest absolute Gasteiger partial charge is 0.353 e. The lowest BCUT2D eigenvalue weighted by molar-refractivity contribution is -0.137. The van der Waals surface area contributed by atoms with E-state index in [4.69, 9.17) is 11.6 Å².